The first-order chi connectivity index (χ1) is 46.8. The van der Waals surface area contributed by atoms with Crippen molar-refractivity contribution in [2.75, 3.05) is 26.4 Å². The topological polar surface area (TPSA) is 374 Å². The number of rotatable bonds is 60. The van der Waals surface area contributed by atoms with Gasteiger partial charge in [-0.15, -0.1) is 0 Å². The van der Waals surface area contributed by atoms with E-state index in [-0.39, 0.29) is 19.3 Å². The number of carbonyl (C=O) groups excluding carboxylic acids is 3. The summed E-state index contributed by atoms with van der Waals surface area (Å²) in [6.07, 6.45) is 11.7. The van der Waals surface area contributed by atoms with E-state index in [1.165, 1.54) is 161 Å². The number of phosphoric acid groups is 1. The van der Waals surface area contributed by atoms with Gasteiger partial charge in [0.05, 0.1) is 13.2 Å². The number of ether oxygens (including phenoxy) is 7. The van der Waals surface area contributed by atoms with Crippen LogP contribution < -0.4 is 0 Å². The van der Waals surface area contributed by atoms with E-state index in [4.69, 9.17) is 42.2 Å². The molecule has 1 aliphatic carbocycles. The van der Waals surface area contributed by atoms with Crippen LogP contribution in [0.15, 0.2) is 0 Å². The first-order valence-corrected chi connectivity index (χ1v) is 39.8. The van der Waals surface area contributed by atoms with Gasteiger partial charge in [0.25, 0.3) is 0 Å². The minimum atomic E-state index is -5.69. The second kappa shape index (κ2) is 54.6. The number of esters is 3. The molecule has 97 heavy (non-hydrogen) atoms. The minimum Gasteiger partial charge on any atom is -0.463 e. The molecule has 18 unspecified atom stereocenters. The predicted molar refractivity (Wildman–Crippen MR) is 365 cm³/mol. The molecule has 25 heteroatoms. The molecule has 1 saturated carbocycles. The van der Waals surface area contributed by atoms with E-state index in [0.29, 0.717) is 19.3 Å². The van der Waals surface area contributed by atoms with Crippen molar-refractivity contribution in [2.45, 2.75) is 414 Å². The Morgan fingerprint density at radius 1 is 0.361 bits per heavy atom. The van der Waals surface area contributed by atoms with E-state index >= 15 is 0 Å². The largest absolute Gasteiger partial charge is 0.472 e. The van der Waals surface area contributed by atoms with Crippen LogP contribution in [0.2, 0.25) is 0 Å². The van der Waals surface area contributed by atoms with Crippen molar-refractivity contribution in [3.63, 3.8) is 0 Å². The molecule has 3 rings (SSSR count). The first kappa shape index (κ1) is 89.2. The summed E-state index contributed by atoms with van der Waals surface area (Å²) >= 11 is 0. The minimum absolute atomic E-state index is 0.0337. The number of carbonyl (C=O) groups is 3. The maximum atomic E-state index is 14.3. The smallest absolute Gasteiger partial charge is 0.463 e. The number of aliphatic hydroxyl groups excluding tert-OH is 10. The van der Waals surface area contributed by atoms with Gasteiger partial charge < -0.3 is 89.1 Å². The molecule has 18 atom stereocenters. The van der Waals surface area contributed by atoms with Crippen molar-refractivity contribution in [3.05, 3.63) is 0 Å². The average Bonchev–Trinajstić information content (AvgIpc) is 0.783. The second-order valence-corrected chi connectivity index (χ2v) is 29.1. The van der Waals surface area contributed by atoms with Gasteiger partial charge in [0.15, 0.2) is 18.7 Å². The standard InChI is InChI=1S/C72H135O24P/c1-4-7-10-13-16-19-22-25-27-28-30-33-35-38-41-44-47-57(75)89-52-55-60(78)62(80)67(85)72(93-55)95-69-65(83)63(81)64(82)68(94-71-66(84)61(79)59(77)54(49-73)92-71)70(69)96-97(86,87)90-51-53(91-58(76)48-45-42-39-36-31-24-21-18-15-12-9-6-3)50-88-56(74)46-43-40-37-34-32-29-26-23-20-17-14-11-8-5-2/h53-55,59-73,77-85H,4-52H2,1-3H3,(H,86,87). The molecule has 0 amide bonds. The zero-order chi connectivity index (χ0) is 71.1. The van der Waals surface area contributed by atoms with Crippen LogP contribution in [-0.4, -0.2) is 204 Å². The van der Waals surface area contributed by atoms with E-state index in [1.54, 1.807) is 0 Å². The van der Waals surface area contributed by atoms with Crippen LogP contribution in [-0.2, 0) is 61.2 Å². The molecule has 0 aromatic heterocycles. The molecule has 0 bridgehead atoms. The molecular weight excluding hydrogens is 1280 g/mol. The van der Waals surface area contributed by atoms with E-state index in [9.17, 15) is 74.9 Å². The predicted octanol–water partition coefficient (Wildman–Crippen LogP) is 10.6. The summed E-state index contributed by atoms with van der Waals surface area (Å²) in [4.78, 5) is 51.0. The highest BCUT2D eigenvalue weighted by Gasteiger charge is 2.58. The maximum absolute atomic E-state index is 14.3. The zero-order valence-electron chi connectivity index (χ0n) is 59.6. The molecule has 24 nitrogen and oxygen atoms in total. The van der Waals surface area contributed by atoms with Crippen LogP contribution in [0.4, 0.5) is 0 Å². The van der Waals surface area contributed by atoms with E-state index in [2.05, 4.69) is 20.8 Å². The highest BCUT2D eigenvalue weighted by molar-refractivity contribution is 7.47. The lowest BCUT2D eigenvalue weighted by atomic mass is 9.84. The van der Waals surface area contributed by atoms with Gasteiger partial charge in [-0.05, 0) is 19.3 Å². The fourth-order valence-corrected chi connectivity index (χ4v) is 13.8. The summed E-state index contributed by atoms with van der Waals surface area (Å²) in [7, 11) is -5.69. The molecule has 0 spiro atoms. The van der Waals surface area contributed by atoms with Crippen LogP contribution >= 0.6 is 7.82 Å². The van der Waals surface area contributed by atoms with Crippen molar-refractivity contribution in [1.82, 2.24) is 0 Å². The molecule has 2 aliphatic heterocycles. The molecule has 0 aromatic carbocycles. The summed E-state index contributed by atoms with van der Waals surface area (Å²) in [5.74, 6) is -1.97. The van der Waals surface area contributed by atoms with Crippen LogP contribution in [0, 0.1) is 0 Å². The molecule has 2 heterocycles. The van der Waals surface area contributed by atoms with E-state index in [0.717, 1.165) is 89.9 Å². The lowest BCUT2D eigenvalue weighted by Gasteiger charge is -2.49. The van der Waals surface area contributed by atoms with Crippen molar-refractivity contribution < 1.29 is 117 Å². The Hall–Kier alpha value is -2.04. The third-order valence-corrected chi connectivity index (χ3v) is 20.1. The molecule has 0 aromatic rings. The van der Waals surface area contributed by atoms with Gasteiger partial charge in [-0.2, -0.15) is 0 Å². The summed E-state index contributed by atoms with van der Waals surface area (Å²) in [6.45, 7) is 3.47. The van der Waals surface area contributed by atoms with E-state index < -0.39 is 156 Å². The Morgan fingerprint density at radius 3 is 1.01 bits per heavy atom. The van der Waals surface area contributed by atoms with Crippen molar-refractivity contribution in [2.24, 2.45) is 0 Å². The molecule has 572 valence electrons. The molecule has 3 fully saturated rings. The highest BCUT2D eigenvalue weighted by atomic mass is 31.2. The van der Waals surface area contributed by atoms with Gasteiger partial charge in [0, 0.05) is 19.3 Å². The van der Waals surface area contributed by atoms with Gasteiger partial charge in [-0.1, -0.05) is 271 Å². The normalized spacial score (nSPS) is 27.7. The third kappa shape index (κ3) is 37.8. The fraction of sp³-hybridized carbons (Fsp3) is 0.958. The quantitative estimate of drug-likeness (QED) is 0.0117. The number of hydrogen-bond acceptors (Lipinski definition) is 23. The average molecular weight is 1420 g/mol. The SMILES string of the molecule is CCCCCCCCCCCCCCCCCCC(=O)OCC1OC(OC2C(O)C(O)C(O)C(OC3OC(CO)C(O)C(O)C3O)C2OP(=O)(O)OCC(COC(=O)CCCCCCCCCCCCCCCC)OC(=O)CCCCCCCCCCCCCC)C(O)C(O)C1O. The zero-order valence-corrected chi connectivity index (χ0v) is 60.5. The lowest BCUT2D eigenvalue weighted by molar-refractivity contribution is -0.360. The summed E-state index contributed by atoms with van der Waals surface area (Å²) in [5.41, 5.74) is 0. The second-order valence-electron chi connectivity index (χ2n) is 27.7. The molecule has 2 saturated heterocycles. The summed E-state index contributed by atoms with van der Waals surface area (Å²) in [5, 5.41) is 110. The van der Waals surface area contributed by atoms with Gasteiger partial charge in [-0.25, -0.2) is 4.57 Å². The van der Waals surface area contributed by atoms with Crippen LogP contribution in [0.1, 0.15) is 310 Å². The number of unbranched alkanes of at least 4 members (excludes halogenated alkanes) is 39. The Morgan fingerprint density at radius 2 is 0.660 bits per heavy atom. The van der Waals surface area contributed by atoms with Gasteiger partial charge in [-0.3, -0.25) is 23.4 Å². The van der Waals surface area contributed by atoms with Gasteiger partial charge >= 0.3 is 25.7 Å². The van der Waals surface area contributed by atoms with E-state index in [1.807, 2.05) is 0 Å². The van der Waals surface area contributed by atoms with Crippen molar-refractivity contribution in [3.8, 4) is 0 Å². The highest BCUT2D eigenvalue weighted by Crippen LogP contribution is 2.49. The van der Waals surface area contributed by atoms with Gasteiger partial charge in [0.1, 0.15) is 98.7 Å². The maximum Gasteiger partial charge on any atom is 0.472 e. The Kier molecular flexibility index (Phi) is 50.2. The van der Waals surface area contributed by atoms with Crippen molar-refractivity contribution >= 4 is 25.7 Å². The summed E-state index contributed by atoms with van der Waals surface area (Å²) in [6, 6.07) is 0. The number of hydrogen-bond donors (Lipinski definition) is 11. The number of phosphoric ester groups is 1. The first-order valence-electron chi connectivity index (χ1n) is 38.3. The third-order valence-electron chi connectivity index (χ3n) is 19.1. The van der Waals surface area contributed by atoms with Crippen LogP contribution in [0.5, 0.6) is 0 Å². The molecule has 11 N–H and O–H groups in total. The van der Waals surface area contributed by atoms with Gasteiger partial charge in [0.2, 0.25) is 0 Å². The van der Waals surface area contributed by atoms with Crippen molar-refractivity contribution in [1.29, 1.82) is 0 Å². The molecule has 0 radical (unpaired) electrons. The fourth-order valence-electron chi connectivity index (χ4n) is 12.9. The van der Waals surface area contributed by atoms with Crippen LogP contribution in [0.3, 0.4) is 0 Å². The molecular formula is C72H135O24P. The Bertz CT molecular complexity index is 2010. The monoisotopic (exact) mass is 1410 g/mol. The summed E-state index contributed by atoms with van der Waals surface area (Å²) < 4.78 is 65.0. The van der Waals surface area contributed by atoms with Crippen LogP contribution in [0.25, 0.3) is 0 Å². The Balaban J connectivity index is 1.72. The lowest BCUT2D eigenvalue weighted by Crippen LogP contribution is -2.69. The molecule has 3 aliphatic rings. The Labute approximate surface area is 580 Å². The number of aliphatic hydroxyl groups is 10.